The van der Waals surface area contributed by atoms with Crippen molar-refractivity contribution in [2.45, 2.75) is 25.4 Å². The molecule has 3 aromatic carbocycles. The van der Waals surface area contributed by atoms with E-state index in [0.717, 1.165) is 39.0 Å². The first-order chi connectivity index (χ1) is 16.1. The zero-order valence-electron chi connectivity index (χ0n) is 17.9. The highest BCUT2D eigenvalue weighted by Gasteiger charge is 2.42. The number of nitrogens with zero attached hydrogens (tertiary/aromatic N) is 1. The van der Waals surface area contributed by atoms with Crippen LogP contribution in [-0.4, -0.2) is 33.4 Å². The second-order valence-electron chi connectivity index (χ2n) is 8.24. The summed E-state index contributed by atoms with van der Waals surface area (Å²) in [5.41, 5.74) is 4.87. The van der Waals surface area contributed by atoms with E-state index in [-0.39, 0.29) is 5.91 Å². The molecule has 1 aromatic heterocycles. The summed E-state index contributed by atoms with van der Waals surface area (Å²) < 4.78 is 6.08. The monoisotopic (exact) mass is 440 g/mol. The first-order valence-corrected chi connectivity index (χ1v) is 10.9. The number of aromatic nitrogens is 1. The van der Waals surface area contributed by atoms with E-state index in [4.69, 9.17) is 9.72 Å². The Kier molecular flexibility index (Phi) is 5.77. The summed E-state index contributed by atoms with van der Waals surface area (Å²) >= 11 is 0. The van der Waals surface area contributed by atoms with Gasteiger partial charge in [-0.3, -0.25) is 4.79 Å². The minimum atomic E-state index is -1.55. The lowest BCUT2D eigenvalue weighted by molar-refractivity contribution is -0.153. The topological polar surface area (TPSA) is 91.7 Å². The van der Waals surface area contributed by atoms with Crippen molar-refractivity contribution in [3.8, 4) is 17.0 Å². The minimum absolute atomic E-state index is 0.160. The number of carbonyl (C=O) groups excluding carboxylic acids is 1. The fraction of sp³-hybridized carbons (Fsp3) is 0.185. The Bertz CT molecular complexity index is 1270. The van der Waals surface area contributed by atoms with Crippen molar-refractivity contribution >= 4 is 16.8 Å². The van der Waals surface area contributed by atoms with Crippen LogP contribution in [0.15, 0.2) is 84.9 Å². The number of benzene rings is 3. The number of nitrogens with one attached hydrogen (secondary N) is 1. The van der Waals surface area contributed by atoms with Crippen LogP contribution in [0.3, 0.4) is 0 Å². The van der Waals surface area contributed by atoms with E-state index >= 15 is 0 Å². The molecule has 2 heterocycles. The van der Waals surface area contributed by atoms with Gasteiger partial charge in [-0.2, -0.15) is 0 Å². The molecular formula is C27H24N2O4. The SMILES string of the molecule is O=C1N[C@H](C(O)O)[C@H]1Cc1ccc(OCc2cc(-c3ccccc3)nc3ccccc23)cc1. The molecule has 1 saturated heterocycles. The molecule has 6 heteroatoms. The number of carbonyl (C=O) groups is 1. The number of amides is 1. The number of aliphatic hydroxyl groups excluding tert-OH is 1. The van der Waals surface area contributed by atoms with Gasteiger partial charge in [0.25, 0.3) is 0 Å². The van der Waals surface area contributed by atoms with Gasteiger partial charge in [-0.15, -0.1) is 0 Å². The number of hydrogen-bond donors (Lipinski definition) is 3. The van der Waals surface area contributed by atoms with Crippen LogP contribution in [0.4, 0.5) is 0 Å². The molecule has 0 unspecified atom stereocenters. The molecule has 0 aliphatic carbocycles. The molecule has 0 spiro atoms. The van der Waals surface area contributed by atoms with Gasteiger partial charge in [0.2, 0.25) is 5.91 Å². The van der Waals surface area contributed by atoms with Crippen LogP contribution in [-0.2, 0) is 17.8 Å². The van der Waals surface area contributed by atoms with Gasteiger partial charge in [-0.1, -0.05) is 60.7 Å². The van der Waals surface area contributed by atoms with E-state index in [1.807, 2.05) is 72.8 Å². The largest absolute Gasteiger partial charge is 0.489 e. The van der Waals surface area contributed by atoms with E-state index in [2.05, 4.69) is 17.4 Å². The Morgan fingerprint density at radius 3 is 2.39 bits per heavy atom. The van der Waals surface area contributed by atoms with Crippen molar-refractivity contribution < 1.29 is 19.7 Å². The molecule has 6 nitrogen and oxygen atoms in total. The van der Waals surface area contributed by atoms with E-state index in [1.54, 1.807) is 0 Å². The third kappa shape index (κ3) is 4.44. The smallest absolute Gasteiger partial charge is 0.226 e. The Morgan fingerprint density at radius 1 is 0.939 bits per heavy atom. The van der Waals surface area contributed by atoms with Crippen molar-refractivity contribution in [3.63, 3.8) is 0 Å². The summed E-state index contributed by atoms with van der Waals surface area (Å²) in [6, 6.07) is 27.1. The van der Waals surface area contributed by atoms with Gasteiger partial charge in [0.05, 0.1) is 23.2 Å². The van der Waals surface area contributed by atoms with Crippen molar-refractivity contribution in [3.05, 3.63) is 96.1 Å². The van der Waals surface area contributed by atoms with E-state index < -0.39 is 18.2 Å². The van der Waals surface area contributed by atoms with Crippen molar-refractivity contribution in [1.29, 1.82) is 0 Å². The third-order valence-corrected chi connectivity index (χ3v) is 6.05. The minimum Gasteiger partial charge on any atom is -0.489 e. The first-order valence-electron chi connectivity index (χ1n) is 10.9. The highest BCUT2D eigenvalue weighted by molar-refractivity contribution is 5.86. The molecule has 0 saturated carbocycles. The zero-order valence-corrected chi connectivity index (χ0v) is 17.9. The van der Waals surface area contributed by atoms with Crippen LogP contribution in [0.25, 0.3) is 22.2 Å². The molecule has 3 N–H and O–H groups in total. The van der Waals surface area contributed by atoms with Crippen molar-refractivity contribution in [1.82, 2.24) is 10.3 Å². The number of fused-ring (bicyclic) bond motifs is 1. The van der Waals surface area contributed by atoms with Gasteiger partial charge in [0, 0.05) is 16.5 Å². The number of aliphatic hydroxyl groups is 2. The van der Waals surface area contributed by atoms with Crippen LogP contribution in [0.2, 0.25) is 0 Å². The standard InChI is InChI=1S/C27H24N2O4/c30-26-22(25(29-26)27(31)32)14-17-10-12-20(13-11-17)33-16-19-15-24(18-6-2-1-3-7-18)28-23-9-5-4-8-21(19)23/h1-13,15,22,25,27,31-32H,14,16H2,(H,29,30)/t22-,25+/m1/s1. The Balaban J connectivity index is 1.32. The first kappa shape index (κ1) is 21.1. The second-order valence-corrected chi connectivity index (χ2v) is 8.24. The molecule has 1 amide bonds. The summed E-state index contributed by atoms with van der Waals surface area (Å²) in [6.07, 6.45) is -1.10. The van der Waals surface area contributed by atoms with Gasteiger partial charge in [0.15, 0.2) is 6.29 Å². The average Bonchev–Trinajstić information content (AvgIpc) is 2.85. The molecule has 166 valence electrons. The lowest BCUT2D eigenvalue weighted by atomic mass is 9.84. The Labute approximate surface area is 191 Å². The fourth-order valence-electron chi connectivity index (χ4n) is 4.20. The third-order valence-electron chi connectivity index (χ3n) is 6.05. The Hall–Kier alpha value is -3.74. The molecule has 4 aromatic rings. The molecule has 5 rings (SSSR count). The maximum atomic E-state index is 11.8. The zero-order chi connectivity index (χ0) is 22.8. The van der Waals surface area contributed by atoms with Crippen LogP contribution in [0.5, 0.6) is 5.75 Å². The van der Waals surface area contributed by atoms with Crippen LogP contribution in [0.1, 0.15) is 11.1 Å². The summed E-state index contributed by atoms with van der Waals surface area (Å²) in [6.45, 7) is 0.395. The summed E-state index contributed by atoms with van der Waals surface area (Å²) in [5.74, 6) is 0.126. The van der Waals surface area contributed by atoms with Gasteiger partial charge in [-0.05, 0) is 36.2 Å². The summed E-state index contributed by atoms with van der Waals surface area (Å²) in [4.78, 5) is 16.6. The molecule has 1 fully saturated rings. The maximum absolute atomic E-state index is 11.8. The van der Waals surface area contributed by atoms with E-state index in [1.165, 1.54) is 0 Å². The fourth-order valence-corrected chi connectivity index (χ4v) is 4.20. The van der Waals surface area contributed by atoms with Crippen molar-refractivity contribution in [2.75, 3.05) is 0 Å². The number of para-hydroxylation sites is 1. The van der Waals surface area contributed by atoms with Gasteiger partial charge >= 0.3 is 0 Å². The van der Waals surface area contributed by atoms with Crippen LogP contribution < -0.4 is 10.1 Å². The molecule has 33 heavy (non-hydrogen) atoms. The number of rotatable bonds is 7. The van der Waals surface area contributed by atoms with E-state index in [9.17, 15) is 15.0 Å². The second kappa shape index (κ2) is 9.02. The molecule has 0 bridgehead atoms. The quantitative estimate of drug-likeness (QED) is 0.302. The normalized spacial score (nSPS) is 17.6. The Morgan fingerprint density at radius 2 is 1.67 bits per heavy atom. The summed E-state index contributed by atoms with van der Waals surface area (Å²) in [5, 5.41) is 22.3. The van der Waals surface area contributed by atoms with Gasteiger partial charge < -0.3 is 20.3 Å². The van der Waals surface area contributed by atoms with Gasteiger partial charge in [0.1, 0.15) is 12.4 Å². The van der Waals surface area contributed by atoms with Crippen molar-refractivity contribution in [2.24, 2.45) is 5.92 Å². The molecule has 1 aliphatic rings. The molecular weight excluding hydrogens is 416 g/mol. The maximum Gasteiger partial charge on any atom is 0.226 e. The predicted octanol–water partition coefficient (Wildman–Crippen LogP) is 3.45. The average molecular weight is 440 g/mol. The lowest BCUT2D eigenvalue weighted by Gasteiger charge is -2.37. The predicted molar refractivity (Wildman–Crippen MR) is 125 cm³/mol. The highest BCUT2D eigenvalue weighted by Crippen LogP contribution is 2.27. The molecule has 0 radical (unpaired) electrons. The van der Waals surface area contributed by atoms with Crippen LogP contribution >= 0.6 is 0 Å². The van der Waals surface area contributed by atoms with Crippen LogP contribution in [0, 0.1) is 5.92 Å². The van der Waals surface area contributed by atoms with Gasteiger partial charge in [-0.25, -0.2) is 4.98 Å². The molecule has 1 aliphatic heterocycles. The number of ether oxygens (including phenoxy) is 1. The molecule has 2 atom stereocenters. The summed E-state index contributed by atoms with van der Waals surface area (Å²) in [7, 11) is 0. The number of β-lactam (4-membered cyclic amide) rings is 1. The lowest BCUT2D eigenvalue weighted by Crippen LogP contribution is -2.63. The van der Waals surface area contributed by atoms with E-state index in [0.29, 0.717) is 13.0 Å². The number of hydrogen-bond acceptors (Lipinski definition) is 5. The highest BCUT2D eigenvalue weighted by atomic mass is 16.5. The number of pyridine rings is 1.